The second-order valence-corrected chi connectivity index (χ2v) is 5.83. The monoisotopic (exact) mass is 215 g/mol. The normalized spacial score (nSPS) is 21.0. The van der Waals surface area contributed by atoms with E-state index in [0.717, 1.165) is 11.8 Å². The summed E-state index contributed by atoms with van der Waals surface area (Å²) >= 11 is 2.12. The zero-order valence-electron chi connectivity index (χ0n) is 9.72. The first-order chi connectivity index (χ1) is 6.83. The van der Waals surface area contributed by atoms with Crippen LogP contribution < -0.4 is 5.32 Å². The molecule has 1 saturated heterocycles. The van der Waals surface area contributed by atoms with Crippen LogP contribution in [0.5, 0.6) is 0 Å². The first-order valence-corrected chi connectivity index (χ1v) is 7.26. The second kappa shape index (κ2) is 7.58. The van der Waals surface area contributed by atoms with E-state index < -0.39 is 0 Å². The van der Waals surface area contributed by atoms with E-state index in [1.807, 2.05) is 0 Å². The Morgan fingerprint density at radius 2 is 2.07 bits per heavy atom. The van der Waals surface area contributed by atoms with Crippen LogP contribution in [0.15, 0.2) is 0 Å². The highest BCUT2D eigenvalue weighted by Crippen LogP contribution is 2.21. The minimum atomic E-state index is 0.859. The third-order valence-electron chi connectivity index (χ3n) is 3.05. The summed E-state index contributed by atoms with van der Waals surface area (Å²) in [4.78, 5) is 0. The maximum Gasteiger partial charge on any atom is -0.00198 e. The van der Waals surface area contributed by atoms with E-state index >= 15 is 0 Å². The van der Waals surface area contributed by atoms with Crippen LogP contribution in [0.4, 0.5) is 0 Å². The average molecular weight is 215 g/mol. The van der Waals surface area contributed by atoms with Crippen LogP contribution in [0.1, 0.15) is 39.5 Å². The van der Waals surface area contributed by atoms with Crippen molar-refractivity contribution in [2.45, 2.75) is 39.5 Å². The molecule has 0 bridgehead atoms. The van der Waals surface area contributed by atoms with Gasteiger partial charge in [0.1, 0.15) is 0 Å². The van der Waals surface area contributed by atoms with Crippen LogP contribution in [0.2, 0.25) is 0 Å². The van der Waals surface area contributed by atoms with Gasteiger partial charge < -0.3 is 5.32 Å². The number of nitrogens with one attached hydrogen (secondary N) is 1. The molecule has 0 saturated carbocycles. The lowest BCUT2D eigenvalue weighted by atomic mass is 10.0. The van der Waals surface area contributed by atoms with Crippen LogP contribution in [0, 0.1) is 11.8 Å². The number of hydrogen-bond donors (Lipinski definition) is 1. The molecule has 1 heterocycles. The fraction of sp³-hybridized carbons (Fsp3) is 1.00. The summed E-state index contributed by atoms with van der Waals surface area (Å²) in [5.41, 5.74) is 0. The van der Waals surface area contributed by atoms with Crippen molar-refractivity contribution in [3.05, 3.63) is 0 Å². The minimum absolute atomic E-state index is 0.859. The van der Waals surface area contributed by atoms with Gasteiger partial charge in [-0.3, -0.25) is 0 Å². The standard InChI is InChI=1S/C12H25NS/c1-3-4-11(2)9-13-10-12-5-7-14-8-6-12/h11-13H,3-10H2,1-2H3. The third-order valence-corrected chi connectivity index (χ3v) is 4.10. The molecule has 14 heavy (non-hydrogen) atoms. The molecule has 0 aromatic heterocycles. The van der Waals surface area contributed by atoms with E-state index in [2.05, 4.69) is 30.9 Å². The van der Waals surface area contributed by atoms with Crippen molar-refractivity contribution in [3.8, 4) is 0 Å². The Hall–Kier alpha value is 0.310. The summed E-state index contributed by atoms with van der Waals surface area (Å²) in [7, 11) is 0. The Morgan fingerprint density at radius 1 is 1.36 bits per heavy atom. The maximum atomic E-state index is 3.63. The first kappa shape index (κ1) is 12.4. The number of rotatable bonds is 6. The first-order valence-electron chi connectivity index (χ1n) is 6.11. The maximum absolute atomic E-state index is 3.63. The van der Waals surface area contributed by atoms with E-state index in [4.69, 9.17) is 0 Å². The Morgan fingerprint density at radius 3 is 2.71 bits per heavy atom. The van der Waals surface area contributed by atoms with Gasteiger partial charge in [0.2, 0.25) is 0 Å². The SMILES string of the molecule is CCCC(C)CNCC1CCSCC1. The second-order valence-electron chi connectivity index (χ2n) is 4.61. The zero-order valence-corrected chi connectivity index (χ0v) is 10.5. The van der Waals surface area contributed by atoms with Crippen LogP contribution in [0.25, 0.3) is 0 Å². The van der Waals surface area contributed by atoms with Crippen LogP contribution in [-0.2, 0) is 0 Å². The van der Waals surface area contributed by atoms with Gasteiger partial charge in [-0.2, -0.15) is 11.8 Å². The molecule has 1 aliphatic rings. The highest BCUT2D eigenvalue weighted by Gasteiger charge is 2.13. The molecular weight excluding hydrogens is 190 g/mol. The molecule has 0 aromatic carbocycles. The smallest absolute Gasteiger partial charge is 0.00198 e. The molecule has 0 aliphatic carbocycles. The van der Waals surface area contributed by atoms with Crippen LogP contribution in [0.3, 0.4) is 0 Å². The van der Waals surface area contributed by atoms with Gasteiger partial charge in [-0.15, -0.1) is 0 Å². The van der Waals surface area contributed by atoms with Crippen molar-refractivity contribution in [2.75, 3.05) is 24.6 Å². The largest absolute Gasteiger partial charge is 0.316 e. The molecule has 1 rings (SSSR count). The molecule has 84 valence electrons. The molecule has 1 nitrogen and oxygen atoms in total. The summed E-state index contributed by atoms with van der Waals surface area (Å²) in [5.74, 6) is 4.59. The van der Waals surface area contributed by atoms with Crippen LogP contribution >= 0.6 is 11.8 Å². The van der Waals surface area contributed by atoms with Gasteiger partial charge in [0.05, 0.1) is 0 Å². The predicted molar refractivity (Wildman–Crippen MR) is 67.0 cm³/mol. The molecule has 1 fully saturated rings. The van der Waals surface area contributed by atoms with Gasteiger partial charge >= 0.3 is 0 Å². The molecule has 1 atom stereocenters. The van der Waals surface area contributed by atoms with Crippen molar-refractivity contribution in [1.29, 1.82) is 0 Å². The van der Waals surface area contributed by atoms with Gasteiger partial charge in [0.25, 0.3) is 0 Å². The van der Waals surface area contributed by atoms with E-state index in [9.17, 15) is 0 Å². The van der Waals surface area contributed by atoms with Crippen molar-refractivity contribution in [1.82, 2.24) is 5.32 Å². The summed E-state index contributed by atoms with van der Waals surface area (Å²) in [5, 5.41) is 3.63. The fourth-order valence-corrected chi connectivity index (χ4v) is 3.28. The summed E-state index contributed by atoms with van der Waals surface area (Å²) in [6.45, 7) is 7.11. The highest BCUT2D eigenvalue weighted by molar-refractivity contribution is 7.99. The van der Waals surface area contributed by atoms with Crippen molar-refractivity contribution in [3.63, 3.8) is 0 Å². The lowest BCUT2D eigenvalue weighted by Gasteiger charge is -2.22. The molecule has 0 aromatic rings. The molecule has 0 spiro atoms. The minimum Gasteiger partial charge on any atom is -0.316 e. The lowest BCUT2D eigenvalue weighted by Crippen LogP contribution is -2.29. The van der Waals surface area contributed by atoms with E-state index in [-0.39, 0.29) is 0 Å². The molecule has 1 N–H and O–H groups in total. The fourth-order valence-electron chi connectivity index (χ4n) is 2.08. The Balaban J connectivity index is 1.96. The summed E-state index contributed by atoms with van der Waals surface area (Å²) < 4.78 is 0. The zero-order chi connectivity index (χ0) is 10.2. The highest BCUT2D eigenvalue weighted by atomic mass is 32.2. The van der Waals surface area contributed by atoms with Crippen molar-refractivity contribution < 1.29 is 0 Å². The van der Waals surface area contributed by atoms with E-state index in [0.29, 0.717) is 0 Å². The molecule has 0 amide bonds. The third kappa shape index (κ3) is 5.26. The molecule has 1 aliphatic heterocycles. The lowest BCUT2D eigenvalue weighted by molar-refractivity contribution is 0.408. The molecule has 0 radical (unpaired) electrons. The van der Waals surface area contributed by atoms with Crippen molar-refractivity contribution >= 4 is 11.8 Å². The predicted octanol–water partition coefficient (Wildman–Crippen LogP) is 3.16. The van der Waals surface area contributed by atoms with Crippen LogP contribution in [-0.4, -0.2) is 24.6 Å². The number of hydrogen-bond acceptors (Lipinski definition) is 2. The van der Waals surface area contributed by atoms with Gasteiger partial charge in [0, 0.05) is 0 Å². The van der Waals surface area contributed by atoms with Gasteiger partial charge in [-0.25, -0.2) is 0 Å². The summed E-state index contributed by atoms with van der Waals surface area (Å²) in [6, 6.07) is 0. The molecule has 1 unspecified atom stereocenters. The number of thioether (sulfide) groups is 1. The Bertz CT molecular complexity index is 132. The molecular formula is C12H25NS. The van der Waals surface area contributed by atoms with E-state index in [1.165, 1.54) is 50.3 Å². The van der Waals surface area contributed by atoms with Gasteiger partial charge in [0.15, 0.2) is 0 Å². The Kier molecular flexibility index (Phi) is 6.70. The van der Waals surface area contributed by atoms with Crippen molar-refractivity contribution in [2.24, 2.45) is 11.8 Å². The van der Waals surface area contributed by atoms with Gasteiger partial charge in [-0.05, 0) is 55.7 Å². The van der Waals surface area contributed by atoms with E-state index in [1.54, 1.807) is 0 Å². The topological polar surface area (TPSA) is 12.0 Å². The Labute approximate surface area is 93.4 Å². The summed E-state index contributed by atoms with van der Waals surface area (Å²) in [6.07, 6.45) is 5.55. The average Bonchev–Trinajstić information content (AvgIpc) is 2.20. The molecule has 2 heteroatoms. The quantitative estimate of drug-likeness (QED) is 0.730. The van der Waals surface area contributed by atoms with Gasteiger partial charge in [-0.1, -0.05) is 20.3 Å².